The van der Waals surface area contributed by atoms with E-state index in [9.17, 15) is 4.79 Å². The zero-order valence-corrected chi connectivity index (χ0v) is 16.2. The first-order chi connectivity index (χ1) is 12.4. The molecule has 0 aliphatic carbocycles. The minimum atomic E-state index is 0.00898. The number of carbonyl (C=O) groups excluding carboxylic acids is 1. The quantitative estimate of drug-likeness (QED) is 0.756. The Morgan fingerprint density at radius 1 is 0.962 bits per heavy atom. The Labute approximate surface area is 155 Å². The number of nitrogens with one attached hydrogen (secondary N) is 2. The molecule has 0 fully saturated rings. The van der Waals surface area contributed by atoms with Crippen molar-refractivity contribution in [3.8, 4) is 11.5 Å². The second-order valence-electron chi connectivity index (χ2n) is 6.42. The highest BCUT2D eigenvalue weighted by Gasteiger charge is 2.07. The Kier molecular flexibility index (Phi) is 6.89. The summed E-state index contributed by atoms with van der Waals surface area (Å²) in [4.78, 5) is 12.1. The van der Waals surface area contributed by atoms with Crippen molar-refractivity contribution in [2.75, 3.05) is 26.1 Å². The maximum absolute atomic E-state index is 12.1. The molecule has 140 valence electrons. The van der Waals surface area contributed by atoms with Crippen LogP contribution in [0.4, 0.5) is 5.69 Å². The van der Waals surface area contributed by atoms with Crippen LogP contribution in [0.2, 0.25) is 0 Å². The maximum atomic E-state index is 12.1. The molecular weight excluding hydrogens is 328 g/mol. The molecule has 2 aromatic carbocycles. The first-order valence-corrected chi connectivity index (χ1v) is 8.74. The van der Waals surface area contributed by atoms with Crippen LogP contribution in [0, 0.1) is 20.8 Å². The van der Waals surface area contributed by atoms with Crippen molar-refractivity contribution in [3.63, 3.8) is 0 Å². The summed E-state index contributed by atoms with van der Waals surface area (Å²) >= 11 is 0. The summed E-state index contributed by atoms with van der Waals surface area (Å²) in [5.41, 5.74) is 5.73. The lowest BCUT2D eigenvalue weighted by Crippen LogP contribution is -2.25. The molecule has 0 aliphatic rings. The average molecular weight is 356 g/mol. The normalized spacial score (nSPS) is 10.3. The molecule has 5 nitrogen and oxygen atoms in total. The zero-order valence-electron chi connectivity index (χ0n) is 16.2. The van der Waals surface area contributed by atoms with E-state index in [0.717, 1.165) is 11.3 Å². The van der Waals surface area contributed by atoms with Crippen LogP contribution in [0.1, 0.15) is 28.7 Å². The van der Waals surface area contributed by atoms with Crippen LogP contribution in [0.15, 0.2) is 30.3 Å². The predicted octanol–water partition coefficient (Wildman–Crippen LogP) is 3.75. The molecule has 0 bridgehead atoms. The van der Waals surface area contributed by atoms with Crippen molar-refractivity contribution in [2.24, 2.45) is 0 Å². The first-order valence-electron chi connectivity index (χ1n) is 8.74. The van der Waals surface area contributed by atoms with Gasteiger partial charge >= 0.3 is 0 Å². The second kappa shape index (κ2) is 9.13. The highest BCUT2D eigenvalue weighted by molar-refractivity contribution is 5.76. The van der Waals surface area contributed by atoms with Gasteiger partial charge in [0, 0.05) is 25.2 Å². The summed E-state index contributed by atoms with van der Waals surface area (Å²) in [6, 6.07) is 9.92. The average Bonchev–Trinajstić information content (AvgIpc) is 2.61. The lowest BCUT2D eigenvalue weighted by Gasteiger charge is -2.14. The van der Waals surface area contributed by atoms with E-state index in [-0.39, 0.29) is 5.91 Å². The van der Waals surface area contributed by atoms with Crippen LogP contribution in [0.3, 0.4) is 0 Å². The number of aryl methyl sites for hydroxylation is 3. The lowest BCUT2D eigenvalue weighted by molar-refractivity contribution is -0.121. The van der Waals surface area contributed by atoms with E-state index < -0.39 is 0 Å². The van der Waals surface area contributed by atoms with Crippen molar-refractivity contribution < 1.29 is 14.3 Å². The molecule has 2 N–H and O–H groups in total. The molecule has 0 unspecified atom stereocenters. The van der Waals surface area contributed by atoms with E-state index in [0.29, 0.717) is 31.0 Å². The molecule has 0 atom stereocenters. The molecule has 0 aromatic heterocycles. The third kappa shape index (κ3) is 5.15. The van der Waals surface area contributed by atoms with Gasteiger partial charge in [-0.3, -0.25) is 4.79 Å². The van der Waals surface area contributed by atoms with Crippen LogP contribution < -0.4 is 20.1 Å². The summed E-state index contributed by atoms with van der Waals surface area (Å²) in [6.45, 7) is 7.31. The van der Waals surface area contributed by atoms with Gasteiger partial charge in [0.1, 0.15) is 0 Å². The van der Waals surface area contributed by atoms with Crippen molar-refractivity contribution in [1.82, 2.24) is 5.32 Å². The Morgan fingerprint density at radius 3 is 2.23 bits per heavy atom. The van der Waals surface area contributed by atoms with E-state index >= 15 is 0 Å². The summed E-state index contributed by atoms with van der Waals surface area (Å²) in [6.07, 6.45) is 0.417. The van der Waals surface area contributed by atoms with Gasteiger partial charge < -0.3 is 20.1 Å². The molecule has 1 amide bonds. The summed E-state index contributed by atoms with van der Waals surface area (Å²) < 4.78 is 10.5. The molecule has 0 spiro atoms. The molecule has 26 heavy (non-hydrogen) atoms. The number of hydrogen-bond donors (Lipinski definition) is 2. The smallest absolute Gasteiger partial charge is 0.222 e. The van der Waals surface area contributed by atoms with Crippen LogP contribution >= 0.6 is 0 Å². The van der Waals surface area contributed by atoms with Gasteiger partial charge in [-0.1, -0.05) is 23.8 Å². The Hall–Kier alpha value is -2.69. The number of hydrogen-bond acceptors (Lipinski definition) is 4. The third-order valence-corrected chi connectivity index (χ3v) is 4.27. The predicted molar refractivity (Wildman–Crippen MR) is 105 cm³/mol. The lowest BCUT2D eigenvalue weighted by atomic mass is 10.1. The van der Waals surface area contributed by atoms with Crippen molar-refractivity contribution in [3.05, 3.63) is 52.6 Å². The highest BCUT2D eigenvalue weighted by atomic mass is 16.5. The number of ether oxygens (including phenoxy) is 2. The number of methoxy groups -OCH3 is 2. The van der Waals surface area contributed by atoms with E-state index in [2.05, 4.69) is 43.5 Å². The van der Waals surface area contributed by atoms with Crippen molar-refractivity contribution in [2.45, 2.75) is 33.7 Å². The minimum absolute atomic E-state index is 0.00898. The number of rotatable bonds is 8. The van der Waals surface area contributed by atoms with Crippen LogP contribution in [-0.2, 0) is 11.3 Å². The van der Waals surface area contributed by atoms with E-state index in [1.807, 2.05) is 18.2 Å². The maximum Gasteiger partial charge on any atom is 0.222 e. The van der Waals surface area contributed by atoms with Crippen LogP contribution in [0.5, 0.6) is 11.5 Å². The molecule has 0 heterocycles. The standard InChI is InChI=1S/C21H28N2O3/c1-14-10-15(2)21(16(3)11-14)22-9-8-20(24)23-13-17-6-7-18(25-4)19(12-17)26-5/h6-7,10-12,22H,8-9,13H2,1-5H3,(H,23,24). The van der Waals surface area contributed by atoms with Gasteiger partial charge in [0.25, 0.3) is 0 Å². The number of anilines is 1. The molecular formula is C21H28N2O3. The first kappa shape index (κ1) is 19.6. The van der Waals surface area contributed by atoms with Crippen LogP contribution in [-0.4, -0.2) is 26.7 Å². The number of amides is 1. The molecule has 0 radical (unpaired) electrons. The summed E-state index contributed by atoms with van der Waals surface area (Å²) in [5, 5.41) is 6.31. The fourth-order valence-corrected chi connectivity index (χ4v) is 3.04. The highest BCUT2D eigenvalue weighted by Crippen LogP contribution is 2.27. The minimum Gasteiger partial charge on any atom is -0.493 e. The Bertz CT molecular complexity index is 749. The molecule has 0 aliphatic heterocycles. The SMILES string of the molecule is COc1ccc(CNC(=O)CCNc2c(C)cc(C)cc2C)cc1OC. The topological polar surface area (TPSA) is 59.6 Å². The van der Waals surface area contributed by atoms with Gasteiger partial charge in [-0.05, 0) is 49.6 Å². The molecule has 0 saturated carbocycles. The third-order valence-electron chi connectivity index (χ3n) is 4.27. The van der Waals surface area contributed by atoms with Crippen molar-refractivity contribution >= 4 is 11.6 Å². The van der Waals surface area contributed by atoms with Gasteiger partial charge in [-0.15, -0.1) is 0 Å². The molecule has 2 aromatic rings. The van der Waals surface area contributed by atoms with Gasteiger partial charge in [-0.2, -0.15) is 0 Å². The van der Waals surface area contributed by atoms with E-state index in [1.54, 1.807) is 14.2 Å². The number of carbonyl (C=O) groups is 1. The fraction of sp³-hybridized carbons (Fsp3) is 0.381. The van der Waals surface area contributed by atoms with E-state index in [4.69, 9.17) is 9.47 Å². The van der Waals surface area contributed by atoms with Gasteiger partial charge in [-0.25, -0.2) is 0 Å². The molecule has 2 rings (SSSR count). The fourth-order valence-electron chi connectivity index (χ4n) is 3.04. The molecule has 0 saturated heterocycles. The summed E-state index contributed by atoms with van der Waals surface area (Å²) in [5.74, 6) is 1.34. The molecule has 5 heteroatoms. The Morgan fingerprint density at radius 2 is 1.62 bits per heavy atom. The van der Waals surface area contributed by atoms with E-state index in [1.165, 1.54) is 16.7 Å². The monoisotopic (exact) mass is 356 g/mol. The van der Waals surface area contributed by atoms with Crippen molar-refractivity contribution in [1.29, 1.82) is 0 Å². The Balaban J connectivity index is 1.83. The van der Waals surface area contributed by atoms with Crippen LogP contribution in [0.25, 0.3) is 0 Å². The van der Waals surface area contributed by atoms with Gasteiger partial charge in [0.15, 0.2) is 11.5 Å². The van der Waals surface area contributed by atoms with Gasteiger partial charge in [0.2, 0.25) is 5.91 Å². The second-order valence-corrected chi connectivity index (χ2v) is 6.42. The largest absolute Gasteiger partial charge is 0.493 e. The van der Waals surface area contributed by atoms with Gasteiger partial charge in [0.05, 0.1) is 14.2 Å². The summed E-state index contributed by atoms with van der Waals surface area (Å²) in [7, 11) is 3.20. The zero-order chi connectivity index (χ0) is 19.1. The number of benzene rings is 2.